The standard InChI is InChI=1S/C8H6BO/c1-2-4-8-7(3-1)5-6-10-9-8/h1-6H. The minimum Gasteiger partial charge on any atom is -0.563 e. The molecular formula is C8H6BO. The number of hydrogen-bond donors (Lipinski definition) is 0. The van der Waals surface area contributed by atoms with Gasteiger partial charge >= 0.3 is 7.48 Å². The molecule has 0 aromatic heterocycles. The van der Waals surface area contributed by atoms with E-state index in [0.717, 1.165) is 5.46 Å². The van der Waals surface area contributed by atoms with Crippen LogP contribution in [-0.4, -0.2) is 7.48 Å². The van der Waals surface area contributed by atoms with Gasteiger partial charge in [-0.1, -0.05) is 24.3 Å². The quantitative estimate of drug-likeness (QED) is 0.473. The maximum atomic E-state index is 4.99. The fourth-order valence-electron chi connectivity index (χ4n) is 0.995. The molecule has 10 heavy (non-hydrogen) atoms. The Bertz CT molecular complexity index is 268. The molecule has 1 aliphatic heterocycles. The molecule has 0 saturated heterocycles. The monoisotopic (exact) mass is 129 g/mol. The van der Waals surface area contributed by atoms with Gasteiger partial charge in [-0.3, -0.25) is 0 Å². The molecule has 0 bridgehead atoms. The SMILES string of the molecule is [B]1OC=Cc2ccccc21. The molecule has 0 atom stereocenters. The summed E-state index contributed by atoms with van der Waals surface area (Å²) in [6.07, 6.45) is 3.64. The Morgan fingerprint density at radius 2 is 2.10 bits per heavy atom. The molecule has 0 unspecified atom stereocenters. The number of rotatable bonds is 0. The molecule has 1 radical (unpaired) electrons. The highest BCUT2D eigenvalue weighted by Gasteiger charge is 2.04. The molecule has 1 heterocycles. The molecule has 0 N–H and O–H groups in total. The molecule has 1 aromatic carbocycles. The summed E-state index contributed by atoms with van der Waals surface area (Å²) in [5, 5.41) is 0. The Hall–Kier alpha value is -1.18. The Balaban J connectivity index is 2.54. The van der Waals surface area contributed by atoms with Gasteiger partial charge in [0.2, 0.25) is 0 Å². The van der Waals surface area contributed by atoms with E-state index < -0.39 is 0 Å². The summed E-state index contributed by atoms with van der Waals surface area (Å²) in [5.41, 5.74) is 2.36. The van der Waals surface area contributed by atoms with E-state index in [9.17, 15) is 0 Å². The van der Waals surface area contributed by atoms with Gasteiger partial charge in [0.25, 0.3) is 0 Å². The van der Waals surface area contributed by atoms with E-state index in [1.54, 1.807) is 13.7 Å². The van der Waals surface area contributed by atoms with Crippen LogP contribution in [0.3, 0.4) is 0 Å². The lowest BCUT2D eigenvalue weighted by atomic mass is 9.82. The van der Waals surface area contributed by atoms with Crippen molar-refractivity contribution in [3.05, 3.63) is 36.1 Å². The van der Waals surface area contributed by atoms with E-state index in [0.29, 0.717) is 0 Å². The topological polar surface area (TPSA) is 9.23 Å². The molecule has 1 nitrogen and oxygen atoms in total. The van der Waals surface area contributed by atoms with E-state index in [2.05, 4.69) is 6.07 Å². The van der Waals surface area contributed by atoms with Gasteiger partial charge in [-0.05, 0) is 17.1 Å². The van der Waals surface area contributed by atoms with Gasteiger partial charge in [0, 0.05) is 0 Å². The van der Waals surface area contributed by atoms with Crippen LogP contribution in [0.25, 0.3) is 6.08 Å². The Kier molecular flexibility index (Phi) is 1.24. The zero-order valence-electron chi connectivity index (χ0n) is 5.45. The minimum atomic E-state index is 1.14. The largest absolute Gasteiger partial charge is 0.563 e. The van der Waals surface area contributed by atoms with Gasteiger partial charge in [-0.2, -0.15) is 0 Å². The van der Waals surface area contributed by atoms with Crippen molar-refractivity contribution in [3.8, 4) is 0 Å². The van der Waals surface area contributed by atoms with Crippen LogP contribution >= 0.6 is 0 Å². The van der Waals surface area contributed by atoms with Crippen LogP contribution in [0.4, 0.5) is 0 Å². The number of fused-ring (bicyclic) bond motifs is 1. The van der Waals surface area contributed by atoms with Crippen molar-refractivity contribution >= 4 is 19.0 Å². The van der Waals surface area contributed by atoms with Gasteiger partial charge in [-0.15, -0.1) is 0 Å². The van der Waals surface area contributed by atoms with Crippen molar-refractivity contribution in [1.82, 2.24) is 0 Å². The molecule has 2 rings (SSSR count). The number of hydrogen-bond acceptors (Lipinski definition) is 1. The van der Waals surface area contributed by atoms with Crippen LogP contribution in [0.1, 0.15) is 5.56 Å². The van der Waals surface area contributed by atoms with Crippen LogP contribution in [-0.2, 0) is 4.65 Å². The smallest absolute Gasteiger partial charge is 0.408 e. The van der Waals surface area contributed by atoms with Crippen molar-refractivity contribution in [2.75, 3.05) is 0 Å². The lowest BCUT2D eigenvalue weighted by molar-refractivity contribution is 0.526. The highest BCUT2D eigenvalue weighted by molar-refractivity contribution is 6.49. The van der Waals surface area contributed by atoms with Gasteiger partial charge in [0.05, 0.1) is 6.26 Å². The van der Waals surface area contributed by atoms with Crippen molar-refractivity contribution in [2.24, 2.45) is 0 Å². The number of benzene rings is 1. The molecule has 47 valence electrons. The van der Waals surface area contributed by atoms with Gasteiger partial charge in [0.15, 0.2) is 0 Å². The van der Waals surface area contributed by atoms with E-state index in [1.807, 2.05) is 24.3 Å². The first-order valence-corrected chi connectivity index (χ1v) is 3.21. The highest BCUT2D eigenvalue weighted by atomic mass is 16.4. The summed E-state index contributed by atoms with van der Waals surface area (Å²) in [4.78, 5) is 0. The molecular weight excluding hydrogens is 123 g/mol. The normalized spacial score (nSPS) is 13.2. The van der Waals surface area contributed by atoms with E-state index >= 15 is 0 Å². The molecule has 0 saturated carbocycles. The van der Waals surface area contributed by atoms with E-state index in [4.69, 9.17) is 4.65 Å². The first-order valence-electron chi connectivity index (χ1n) is 3.21. The second-order valence-electron chi connectivity index (χ2n) is 2.19. The molecule has 1 aromatic rings. The predicted molar refractivity (Wildman–Crippen MR) is 41.9 cm³/mol. The average molecular weight is 129 g/mol. The summed E-state index contributed by atoms with van der Waals surface area (Å²) < 4.78 is 4.99. The van der Waals surface area contributed by atoms with Crippen molar-refractivity contribution in [1.29, 1.82) is 0 Å². The van der Waals surface area contributed by atoms with Gasteiger partial charge in [0.1, 0.15) is 0 Å². The van der Waals surface area contributed by atoms with Crippen molar-refractivity contribution < 1.29 is 4.65 Å². The van der Waals surface area contributed by atoms with Crippen molar-refractivity contribution in [2.45, 2.75) is 0 Å². The second-order valence-corrected chi connectivity index (χ2v) is 2.19. The lowest BCUT2D eigenvalue weighted by Gasteiger charge is -2.07. The third kappa shape index (κ3) is 0.818. The van der Waals surface area contributed by atoms with Crippen LogP contribution in [0, 0.1) is 0 Å². The van der Waals surface area contributed by atoms with Crippen LogP contribution in [0.15, 0.2) is 30.5 Å². The molecule has 0 spiro atoms. The zero-order valence-corrected chi connectivity index (χ0v) is 5.45. The van der Waals surface area contributed by atoms with E-state index in [1.165, 1.54) is 5.56 Å². The first kappa shape index (κ1) is 5.60. The average Bonchev–Trinajstić information content (AvgIpc) is 2.05. The van der Waals surface area contributed by atoms with Gasteiger partial charge in [-0.25, -0.2) is 0 Å². The minimum absolute atomic E-state index is 1.14. The summed E-state index contributed by atoms with van der Waals surface area (Å²) in [5.74, 6) is 0. The molecule has 1 aliphatic rings. The van der Waals surface area contributed by atoms with Crippen LogP contribution in [0.5, 0.6) is 0 Å². The van der Waals surface area contributed by atoms with Crippen molar-refractivity contribution in [3.63, 3.8) is 0 Å². The highest BCUT2D eigenvalue weighted by Crippen LogP contribution is 2.02. The van der Waals surface area contributed by atoms with Crippen LogP contribution in [0.2, 0.25) is 0 Å². The summed E-state index contributed by atoms with van der Waals surface area (Å²) in [6, 6.07) is 8.10. The third-order valence-electron chi connectivity index (χ3n) is 1.52. The third-order valence-corrected chi connectivity index (χ3v) is 1.52. The predicted octanol–water partition coefficient (Wildman–Crippen LogP) is 0.932. The molecule has 0 amide bonds. The summed E-state index contributed by atoms with van der Waals surface area (Å²) >= 11 is 0. The lowest BCUT2D eigenvalue weighted by Crippen LogP contribution is -2.20. The first-order chi connectivity index (χ1) is 4.97. The van der Waals surface area contributed by atoms with Crippen LogP contribution < -0.4 is 5.46 Å². The Morgan fingerprint density at radius 3 is 3.00 bits per heavy atom. The fraction of sp³-hybridized carbons (Fsp3) is 0. The maximum Gasteiger partial charge on any atom is 0.408 e. The molecule has 0 aliphatic carbocycles. The fourth-order valence-corrected chi connectivity index (χ4v) is 0.995. The second kappa shape index (κ2) is 2.22. The Labute approximate surface area is 60.6 Å². The maximum absolute atomic E-state index is 4.99. The Morgan fingerprint density at radius 1 is 1.20 bits per heavy atom. The molecule has 2 heteroatoms. The van der Waals surface area contributed by atoms with E-state index in [-0.39, 0.29) is 0 Å². The van der Waals surface area contributed by atoms with Gasteiger partial charge < -0.3 is 4.65 Å². The zero-order chi connectivity index (χ0) is 6.81. The summed E-state index contributed by atoms with van der Waals surface area (Å²) in [7, 11) is 1.75. The summed E-state index contributed by atoms with van der Waals surface area (Å²) in [6.45, 7) is 0. The molecule has 0 fully saturated rings.